The Morgan fingerprint density at radius 2 is 1.47 bits per heavy atom. The largest absolute Gasteiger partial charge is 0.479 e. The fraction of sp³-hybridized carbons (Fsp3) is 0.355. The molecule has 1 heterocycles. The fourth-order valence-electron chi connectivity index (χ4n) is 5.15. The molecular weight excluding hydrogens is 450 g/mol. The third-order valence-corrected chi connectivity index (χ3v) is 6.98. The minimum absolute atomic E-state index is 0.0118. The van der Waals surface area contributed by atoms with Gasteiger partial charge in [0.25, 0.3) is 5.91 Å². The Kier molecular flexibility index (Phi) is 6.80. The molecule has 0 aliphatic carbocycles. The van der Waals surface area contributed by atoms with Gasteiger partial charge in [-0.25, -0.2) is 4.79 Å². The molecule has 1 aliphatic rings. The van der Waals surface area contributed by atoms with Crippen LogP contribution in [0.5, 0.6) is 0 Å². The predicted molar refractivity (Wildman–Crippen MR) is 142 cm³/mol. The van der Waals surface area contributed by atoms with E-state index in [9.17, 15) is 14.7 Å². The van der Waals surface area contributed by atoms with E-state index < -0.39 is 17.7 Å². The first-order valence-electron chi connectivity index (χ1n) is 12.4. The summed E-state index contributed by atoms with van der Waals surface area (Å²) in [6, 6.07) is 15.8. The van der Waals surface area contributed by atoms with Crippen LogP contribution in [0.15, 0.2) is 48.5 Å². The molecule has 1 aliphatic heterocycles. The number of rotatable bonds is 5. The van der Waals surface area contributed by atoms with Gasteiger partial charge < -0.3 is 14.7 Å². The normalized spacial score (nSPS) is 14.0. The molecule has 5 nitrogen and oxygen atoms in total. The average Bonchev–Trinajstić information content (AvgIpc) is 3.26. The lowest BCUT2D eigenvalue weighted by Crippen LogP contribution is -2.28. The van der Waals surface area contributed by atoms with Crippen LogP contribution < -0.4 is 0 Å². The highest BCUT2D eigenvalue weighted by molar-refractivity contribution is 5.96. The van der Waals surface area contributed by atoms with Crippen LogP contribution in [0.25, 0.3) is 11.1 Å². The van der Waals surface area contributed by atoms with Gasteiger partial charge in [-0.2, -0.15) is 0 Å². The maximum atomic E-state index is 13.5. The third-order valence-electron chi connectivity index (χ3n) is 6.98. The first kappa shape index (κ1) is 25.6. The molecule has 0 aromatic heterocycles. The summed E-state index contributed by atoms with van der Waals surface area (Å²) >= 11 is 0. The fourth-order valence-corrected chi connectivity index (χ4v) is 5.15. The monoisotopic (exact) mass is 485 g/mol. The number of ether oxygens (including phenoxy) is 1. The van der Waals surface area contributed by atoms with E-state index in [4.69, 9.17) is 4.74 Å². The van der Waals surface area contributed by atoms with Gasteiger partial charge in [-0.3, -0.25) is 4.79 Å². The summed E-state index contributed by atoms with van der Waals surface area (Å²) in [5.74, 6) is -1.03. The molecule has 1 N–H and O–H groups in total. The lowest BCUT2D eigenvalue weighted by atomic mass is 9.83. The highest BCUT2D eigenvalue weighted by atomic mass is 16.5. The minimum atomic E-state index is -1.13. The van der Waals surface area contributed by atoms with Crippen LogP contribution in [0.4, 0.5) is 0 Å². The molecule has 0 unspecified atom stereocenters. The molecule has 5 heteroatoms. The number of amides is 1. The van der Waals surface area contributed by atoms with Crippen LogP contribution in [0.1, 0.15) is 76.2 Å². The SMILES string of the molecule is Cc1ccc(-c2c(C)c3c(c(C)c2[C@H](OC(C)(C)C)C(=O)O)CN(C(=O)c2ccccc2C)C3)cc1. The Balaban J connectivity index is 1.90. The van der Waals surface area contributed by atoms with Crippen molar-refractivity contribution in [2.45, 2.75) is 73.3 Å². The molecule has 1 atom stereocenters. The molecule has 36 heavy (non-hydrogen) atoms. The number of hydrogen-bond donors (Lipinski definition) is 1. The summed E-state index contributed by atoms with van der Waals surface area (Å²) in [7, 11) is 0. The standard InChI is InChI=1S/C31H35NO4/c1-18-12-14-22(15-13-18)26-20(3)24-16-32(29(33)23-11-9-8-10-19(23)2)17-25(24)21(4)27(26)28(30(34)35)36-31(5,6)7/h8-15,28H,16-17H2,1-7H3,(H,34,35)/t28-/m0/s1. The van der Waals surface area contributed by atoms with Gasteiger partial charge in [-0.1, -0.05) is 48.0 Å². The van der Waals surface area contributed by atoms with Crippen molar-refractivity contribution >= 4 is 11.9 Å². The Bertz CT molecular complexity index is 1330. The number of nitrogens with zero attached hydrogens (tertiary/aromatic N) is 1. The lowest BCUT2D eigenvalue weighted by molar-refractivity contribution is -0.160. The van der Waals surface area contributed by atoms with Crippen LogP contribution in [-0.2, 0) is 22.6 Å². The third kappa shape index (κ3) is 4.80. The van der Waals surface area contributed by atoms with Crippen molar-refractivity contribution in [2.75, 3.05) is 0 Å². The molecule has 0 bridgehead atoms. The molecular formula is C31H35NO4. The Hall–Kier alpha value is -3.44. The van der Waals surface area contributed by atoms with E-state index in [0.717, 1.165) is 44.5 Å². The van der Waals surface area contributed by atoms with Gasteiger partial charge in [0.1, 0.15) is 0 Å². The second kappa shape index (κ2) is 9.55. The van der Waals surface area contributed by atoms with Gasteiger partial charge in [-0.05, 0) is 93.5 Å². The maximum Gasteiger partial charge on any atom is 0.337 e. The second-order valence-electron chi connectivity index (χ2n) is 10.8. The minimum Gasteiger partial charge on any atom is -0.479 e. The molecule has 3 aromatic rings. The van der Waals surface area contributed by atoms with E-state index in [1.165, 1.54) is 0 Å². The summed E-state index contributed by atoms with van der Waals surface area (Å²) in [6.45, 7) is 14.5. The lowest BCUT2D eigenvalue weighted by Gasteiger charge is -2.29. The first-order chi connectivity index (χ1) is 16.9. The number of hydrogen-bond acceptors (Lipinski definition) is 3. The summed E-state index contributed by atoms with van der Waals surface area (Å²) in [6.07, 6.45) is -1.13. The Morgan fingerprint density at radius 3 is 2.03 bits per heavy atom. The van der Waals surface area contributed by atoms with E-state index in [-0.39, 0.29) is 5.91 Å². The number of carbonyl (C=O) groups excluding carboxylic acids is 1. The summed E-state index contributed by atoms with van der Waals surface area (Å²) in [5.41, 5.74) is 8.60. The van der Waals surface area contributed by atoms with Gasteiger partial charge in [0.05, 0.1) is 5.60 Å². The maximum absolute atomic E-state index is 13.5. The topological polar surface area (TPSA) is 66.8 Å². The van der Waals surface area contributed by atoms with E-state index >= 15 is 0 Å². The highest BCUT2D eigenvalue weighted by Crippen LogP contribution is 2.44. The van der Waals surface area contributed by atoms with Crippen molar-refractivity contribution in [3.63, 3.8) is 0 Å². The van der Waals surface area contributed by atoms with Crippen LogP contribution >= 0.6 is 0 Å². The number of fused-ring (bicyclic) bond motifs is 1. The number of aliphatic carboxylic acids is 1. The van der Waals surface area contributed by atoms with Crippen molar-refractivity contribution in [1.82, 2.24) is 4.90 Å². The van der Waals surface area contributed by atoms with Crippen molar-refractivity contribution in [3.8, 4) is 11.1 Å². The van der Waals surface area contributed by atoms with E-state index in [1.807, 2.05) is 102 Å². The van der Waals surface area contributed by atoms with Crippen molar-refractivity contribution in [3.05, 3.63) is 93.0 Å². The quantitative estimate of drug-likeness (QED) is 0.437. The van der Waals surface area contributed by atoms with Gasteiger partial charge in [0.15, 0.2) is 6.10 Å². The number of carboxylic acid groups (broad SMARTS) is 1. The number of carbonyl (C=O) groups is 2. The molecule has 3 aromatic carbocycles. The average molecular weight is 486 g/mol. The predicted octanol–water partition coefficient (Wildman–Crippen LogP) is 6.68. The van der Waals surface area contributed by atoms with Crippen LogP contribution in [0.2, 0.25) is 0 Å². The summed E-state index contributed by atoms with van der Waals surface area (Å²) < 4.78 is 6.15. The number of carboxylic acids is 1. The van der Waals surface area contributed by atoms with Crippen LogP contribution in [0, 0.1) is 27.7 Å². The van der Waals surface area contributed by atoms with Crippen LogP contribution in [0.3, 0.4) is 0 Å². The summed E-state index contributed by atoms with van der Waals surface area (Å²) in [5, 5.41) is 10.3. The molecule has 0 fully saturated rings. The highest BCUT2D eigenvalue weighted by Gasteiger charge is 2.36. The zero-order valence-electron chi connectivity index (χ0n) is 22.2. The summed E-state index contributed by atoms with van der Waals surface area (Å²) in [4.78, 5) is 27.9. The van der Waals surface area contributed by atoms with E-state index in [1.54, 1.807) is 0 Å². The first-order valence-corrected chi connectivity index (χ1v) is 12.4. The second-order valence-corrected chi connectivity index (χ2v) is 10.8. The van der Waals surface area contributed by atoms with Crippen molar-refractivity contribution in [2.24, 2.45) is 0 Å². The zero-order chi connectivity index (χ0) is 26.4. The molecule has 0 saturated carbocycles. The van der Waals surface area contributed by atoms with E-state index in [2.05, 4.69) is 0 Å². The van der Waals surface area contributed by atoms with Gasteiger partial charge in [0, 0.05) is 24.2 Å². The van der Waals surface area contributed by atoms with Crippen molar-refractivity contribution < 1.29 is 19.4 Å². The number of aryl methyl sites for hydroxylation is 2. The smallest absolute Gasteiger partial charge is 0.337 e. The Labute approximate surface area is 213 Å². The number of benzene rings is 3. The Morgan fingerprint density at radius 1 is 0.889 bits per heavy atom. The molecule has 4 rings (SSSR count). The van der Waals surface area contributed by atoms with Gasteiger partial charge in [0.2, 0.25) is 0 Å². The molecule has 0 radical (unpaired) electrons. The molecule has 0 saturated heterocycles. The molecule has 0 spiro atoms. The van der Waals surface area contributed by atoms with Gasteiger partial charge >= 0.3 is 5.97 Å². The van der Waals surface area contributed by atoms with E-state index in [0.29, 0.717) is 24.2 Å². The van der Waals surface area contributed by atoms with Gasteiger partial charge in [-0.15, -0.1) is 0 Å². The molecule has 188 valence electrons. The van der Waals surface area contributed by atoms with Crippen LogP contribution in [-0.4, -0.2) is 27.5 Å². The molecule has 1 amide bonds. The van der Waals surface area contributed by atoms with Crippen molar-refractivity contribution in [1.29, 1.82) is 0 Å². The zero-order valence-corrected chi connectivity index (χ0v) is 22.2.